The van der Waals surface area contributed by atoms with Gasteiger partial charge in [0.25, 0.3) is 0 Å². The van der Waals surface area contributed by atoms with Crippen molar-refractivity contribution in [1.29, 1.82) is 0 Å². The number of anilines is 2. The molecule has 1 aromatic carbocycles. The molecule has 0 saturated carbocycles. The molecule has 1 fully saturated rings. The highest BCUT2D eigenvalue weighted by Crippen LogP contribution is 2.34. The van der Waals surface area contributed by atoms with Crippen molar-refractivity contribution in [1.82, 2.24) is 10.6 Å². The molecule has 7 heteroatoms. The molecule has 1 heterocycles. The molecular formula is C22H36N4O3. The van der Waals surface area contributed by atoms with Gasteiger partial charge in [0.15, 0.2) is 0 Å². The number of hydrogen-bond donors (Lipinski definition) is 4. The van der Waals surface area contributed by atoms with E-state index in [2.05, 4.69) is 21.3 Å². The monoisotopic (exact) mass is 404 g/mol. The van der Waals surface area contributed by atoms with Crippen molar-refractivity contribution >= 4 is 23.4 Å². The zero-order valence-electron chi connectivity index (χ0n) is 18.8. The molecule has 4 N–H and O–H groups in total. The minimum absolute atomic E-state index is 0.00182. The molecule has 1 aliphatic heterocycles. The molecule has 0 unspecified atom stereocenters. The summed E-state index contributed by atoms with van der Waals surface area (Å²) in [5.41, 5.74) is 5.08. The van der Waals surface area contributed by atoms with E-state index in [1.54, 1.807) is 0 Å². The molecule has 162 valence electrons. The lowest BCUT2D eigenvalue weighted by molar-refractivity contribution is -0.120. The second-order valence-corrected chi connectivity index (χ2v) is 8.82. The van der Waals surface area contributed by atoms with Crippen LogP contribution in [0.2, 0.25) is 0 Å². The van der Waals surface area contributed by atoms with Gasteiger partial charge in [0, 0.05) is 11.7 Å². The van der Waals surface area contributed by atoms with E-state index < -0.39 is 11.7 Å². The molecule has 1 saturated heterocycles. The molecule has 2 amide bonds. The average Bonchev–Trinajstić information content (AvgIpc) is 2.63. The zero-order valence-corrected chi connectivity index (χ0v) is 18.8. The Kier molecular flexibility index (Phi) is 7.52. The topological polar surface area (TPSA) is 91.5 Å². The van der Waals surface area contributed by atoms with E-state index in [0.717, 1.165) is 59.6 Å². The Balaban J connectivity index is 2.09. The van der Waals surface area contributed by atoms with E-state index >= 15 is 0 Å². The Morgan fingerprint density at radius 3 is 2.00 bits per heavy atom. The predicted molar refractivity (Wildman–Crippen MR) is 118 cm³/mol. The van der Waals surface area contributed by atoms with Crippen LogP contribution in [0, 0.1) is 27.7 Å². The molecule has 1 aromatic rings. The molecule has 7 nitrogen and oxygen atoms in total. The molecule has 0 atom stereocenters. The van der Waals surface area contributed by atoms with Crippen molar-refractivity contribution in [3.05, 3.63) is 22.3 Å². The van der Waals surface area contributed by atoms with Crippen LogP contribution in [0.25, 0.3) is 0 Å². The van der Waals surface area contributed by atoms with E-state index in [1.807, 2.05) is 48.5 Å². The SMILES string of the molecule is Cc1c(C)c(NC(=O)OC(C)(C)C)c(C)c(C)c1NCC(=O)NC1CCNCC1. The number of piperidine rings is 1. The molecule has 1 aliphatic rings. The molecule has 0 bridgehead atoms. The summed E-state index contributed by atoms with van der Waals surface area (Å²) < 4.78 is 5.39. The Hall–Kier alpha value is -2.28. The fourth-order valence-electron chi connectivity index (χ4n) is 3.58. The van der Waals surface area contributed by atoms with Gasteiger partial charge in [-0.25, -0.2) is 4.79 Å². The van der Waals surface area contributed by atoms with E-state index in [0.29, 0.717) is 0 Å². The van der Waals surface area contributed by atoms with Crippen LogP contribution in [0.1, 0.15) is 55.9 Å². The third kappa shape index (κ3) is 6.35. The normalized spacial score (nSPS) is 15.0. The number of nitrogens with one attached hydrogen (secondary N) is 4. The van der Waals surface area contributed by atoms with Crippen LogP contribution in [0.15, 0.2) is 0 Å². The maximum absolute atomic E-state index is 12.4. The molecule has 0 spiro atoms. The lowest BCUT2D eigenvalue weighted by Crippen LogP contribution is -2.44. The minimum atomic E-state index is -0.556. The molecular weight excluding hydrogens is 368 g/mol. The maximum Gasteiger partial charge on any atom is 0.412 e. The fraction of sp³-hybridized carbons (Fsp3) is 0.636. The summed E-state index contributed by atoms with van der Waals surface area (Å²) in [4.78, 5) is 24.6. The van der Waals surface area contributed by atoms with Crippen molar-refractivity contribution in [2.45, 2.75) is 73.0 Å². The first-order valence-electron chi connectivity index (χ1n) is 10.3. The fourth-order valence-corrected chi connectivity index (χ4v) is 3.58. The largest absolute Gasteiger partial charge is 0.444 e. The Labute approximate surface area is 174 Å². The van der Waals surface area contributed by atoms with Gasteiger partial charge in [0.2, 0.25) is 5.91 Å². The van der Waals surface area contributed by atoms with E-state index in [-0.39, 0.29) is 18.5 Å². The summed E-state index contributed by atoms with van der Waals surface area (Å²) >= 11 is 0. The Morgan fingerprint density at radius 2 is 1.48 bits per heavy atom. The van der Waals surface area contributed by atoms with Gasteiger partial charge in [-0.3, -0.25) is 10.1 Å². The van der Waals surface area contributed by atoms with Crippen molar-refractivity contribution in [2.24, 2.45) is 0 Å². The van der Waals surface area contributed by atoms with Gasteiger partial charge in [-0.05, 0) is 96.7 Å². The van der Waals surface area contributed by atoms with E-state index in [4.69, 9.17) is 4.74 Å². The predicted octanol–water partition coefficient (Wildman–Crippen LogP) is 3.55. The van der Waals surface area contributed by atoms with E-state index in [1.165, 1.54) is 0 Å². The van der Waals surface area contributed by atoms with Crippen LogP contribution in [-0.4, -0.2) is 43.3 Å². The van der Waals surface area contributed by atoms with Gasteiger partial charge in [0.05, 0.1) is 12.2 Å². The summed E-state index contributed by atoms with van der Waals surface area (Å²) in [6.07, 6.45) is 1.46. The second kappa shape index (κ2) is 9.48. The van der Waals surface area contributed by atoms with Crippen molar-refractivity contribution in [3.63, 3.8) is 0 Å². The first-order valence-corrected chi connectivity index (χ1v) is 10.3. The van der Waals surface area contributed by atoms with Crippen LogP contribution in [0.5, 0.6) is 0 Å². The second-order valence-electron chi connectivity index (χ2n) is 8.82. The quantitative estimate of drug-likeness (QED) is 0.602. The summed E-state index contributed by atoms with van der Waals surface area (Å²) in [7, 11) is 0. The van der Waals surface area contributed by atoms with Crippen LogP contribution in [0.4, 0.5) is 16.2 Å². The lowest BCUT2D eigenvalue weighted by Gasteiger charge is -2.25. The number of amides is 2. The highest BCUT2D eigenvalue weighted by Gasteiger charge is 2.21. The maximum atomic E-state index is 12.4. The number of carbonyl (C=O) groups excluding carboxylic acids is 2. The summed E-state index contributed by atoms with van der Waals surface area (Å²) in [5.74, 6) is 0.00182. The molecule has 0 radical (unpaired) electrons. The smallest absolute Gasteiger partial charge is 0.412 e. The van der Waals surface area contributed by atoms with Gasteiger partial charge >= 0.3 is 6.09 Å². The highest BCUT2D eigenvalue weighted by atomic mass is 16.6. The Bertz CT molecular complexity index is 733. The minimum Gasteiger partial charge on any atom is -0.444 e. The Morgan fingerprint density at radius 1 is 0.966 bits per heavy atom. The summed E-state index contributed by atoms with van der Waals surface area (Å²) in [6.45, 7) is 15.6. The molecule has 29 heavy (non-hydrogen) atoms. The van der Waals surface area contributed by atoms with Crippen LogP contribution < -0.4 is 21.3 Å². The summed E-state index contributed by atoms with van der Waals surface area (Å²) in [5, 5.41) is 12.6. The summed E-state index contributed by atoms with van der Waals surface area (Å²) in [6, 6.07) is 0.247. The van der Waals surface area contributed by atoms with Gasteiger partial charge in [0.1, 0.15) is 5.60 Å². The molecule has 0 aliphatic carbocycles. The zero-order chi connectivity index (χ0) is 21.8. The van der Waals surface area contributed by atoms with Crippen molar-refractivity contribution in [2.75, 3.05) is 30.3 Å². The average molecular weight is 405 g/mol. The third-order valence-corrected chi connectivity index (χ3v) is 5.38. The van der Waals surface area contributed by atoms with E-state index in [9.17, 15) is 9.59 Å². The van der Waals surface area contributed by atoms with Gasteiger partial charge in [-0.2, -0.15) is 0 Å². The number of rotatable bonds is 5. The van der Waals surface area contributed by atoms with Crippen LogP contribution >= 0.6 is 0 Å². The highest BCUT2D eigenvalue weighted by molar-refractivity contribution is 5.90. The number of carbonyl (C=O) groups is 2. The number of benzene rings is 1. The van der Waals surface area contributed by atoms with Gasteiger partial charge in [-0.1, -0.05) is 0 Å². The van der Waals surface area contributed by atoms with Crippen molar-refractivity contribution < 1.29 is 14.3 Å². The molecule has 2 rings (SSSR count). The first-order chi connectivity index (χ1) is 13.5. The lowest BCUT2D eigenvalue weighted by atomic mass is 9.95. The number of hydrogen-bond acceptors (Lipinski definition) is 5. The van der Waals surface area contributed by atoms with Crippen LogP contribution in [-0.2, 0) is 9.53 Å². The van der Waals surface area contributed by atoms with Crippen LogP contribution in [0.3, 0.4) is 0 Å². The standard InChI is InChI=1S/C22H36N4O3/c1-13-15(3)20(26-21(28)29-22(5,6)7)16(4)14(2)19(13)24-12-18(27)25-17-8-10-23-11-9-17/h17,23-24H,8-12H2,1-7H3,(H,25,27)(H,26,28). The third-order valence-electron chi connectivity index (χ3n) is 5.38. The number of ether oxygens (including phenoxy) is 1. The first kappa shape index (κ1) is 23.0. The molecule has 0 aromatic heterocycles. The van der Waals surface area contributed by atoms with Gasteiger partial charge < -0.3 is 20.7 Å². The van der Waals surface area contributed by atoms with Crippen molar-refractivity contribution in [3.8, 4) is 0 Å². The van der Waals surface area contributed by atoms with Gasteiger partial charge in [-0.15, -0.1) is 0 Å².